The van der Waals surface area contributed by atoms with Crippen molar-refractivity contribution in [1.82, 2.24) is 25.0 Å². The van der Waals surface area contributed by atoms with Crippen molar-refractivity contribution >= 4 is 11.7 Å². The molecule has 8 heteroatoms. The van der Waals surface area contributed by atoms with Crippen molar-refractivity contribution in [3.63, 3.8) is 0 Å². The van der Waals surface area contributed by atoms with Crippen molar-refractivity contribution in [1.29, 1.82) is 0 Å². The summed E-state index contributed by atoms with van der Waals surface area (Å²) in [6, 6.07) is 15.8. The van der Waals surface area contributed by atoms with Crippen molar-refractivity contribution < 1.29 is 9.53 Å². The smallest absolute Gasteiger partial charge is 0.272 e. The van der Waals surface area contributed by atoms with Gasteiger partial charge in [0.15, 0.2) is 0 Å². The number of nitrogens with zero attached hydrogens (tertiary/aromatic N) is 5. The van der Waals surface area contributed by atoms with E-state index in [2.05, 4.69) is 37.7 Å². The van der Waals surface area contributed by atoms with Crippen LogP contribution in [0.15, 0.2) is 54.7 Å². The van der Waals surface area contributed by atoms with Gasteiger partial charge in [0.25, 0.3) is 5.95 Å². The molecule has 4 aromatic rings. The Morgan fingerprint density at radius 2 is 1.94 bits per heavy atom. The summed E-state index contributed by atoms with van der Waals surface area (Å²) in [5, 5.41) is 16.0. The van der Waals surface area contributed by atoms with E-state index in [9.17, 15) is 4.79 Å². The summed E-state index contributed by atoms with van der Waals surface area (Å²) in [5.41, 5.74) is 5.58. The average Bonchev–Trinajstić information content (AvgIpc) is 3.15. The summed E-state index contributed by atoms with van der Waals surface area (Å²) in [6.07, 6.45) is 1.97. The van der Waals surface area contributed by atoms with Crippen LogP contribution in [-0.4, -0.2) is 38.0 Å². The molecule has 1 amide bonds. The van der Waals surface area contributed by atoms with Crippen LogP contribution in [0.4, 0.5) is 5.82 Å². The molecule has 160 valence electrons. The zero-order valence-corrected chi connectivity index (χ0v) is 18.0. The maximum Gasteiger partial charge on any atom is 0.272 e. The highest BCUT2D eigenvalue weighted by atomic mass is 16.5. The van der Waals surface area contributed by atoms with Gasteiger partial charge in [-0.3, -0.25) is 4.79 Å². The quantitative estimate of drug-likeness (QED) is 0.533. The molecule has 0 bridgehead atoms. The van der Waals surface area contributed by atoms with Crippen LogP contribution in [0.5, 0.6) is 5.75 Å². The number of hydrogen-bond donors (Lipinski definition) is 1. The minimum absolute atomic E-state index is 0.0653. The van der Waals surface area contributed by atoms with Crippen molar-refractivity contribution in [3.05, 3.63) is 77.1 Å². The second-order valence-corrected chi connectivity index (χ2v) is 7.85. The maximum atomic E-state index is 12.6. The zero-order valence-electron chi connectivity index (χ0n) is 18.0. The lowest BCUT2D eigenvalue weighted by molar-refractivity contribution is -0.116. The first-order valence-electron chi connectivity index (χ1n) is 10.3. The Balaban J connectivity index is 1.59. The second kappa shape index (κ2) is 7.88. The fourth-order valence-corrected chi connectivity index (χ4v) is 4.15. The fourth-order valence-electron chi connectivity index (χ4n) is 4.15. The minimum Gasteiger partial charge on any atom is -0.497 e. The van der Waals surface area contributed by atoms with E-state index < -0.39 is 0 Å². The Morgan fingerprint density at radius 3 is 2.69 bits per heavy atom. The molecular formula is C24H22N6O2. The number of methoxy groups -OCH3 is 1. The van der Waals surface area contributed by atoms with Gasteiger partial charge in [0, 0.05) is 23.5 Å². The van der Waals surface area contributed by atoms with E-state index in [0.717, 1.165) is 33.7 Å². The molecule has 0 aliphatic carbocycles. The Bertz CT molecular complexity index is 1310. The second-order valence-electron chi connectivity index (χ2n) is 7.85. The number of aryl methyl sites for hydroxylation is 2. The van der Waals surface area contributed by atoms with Crippen LogP contribution in [0.25, 0.3) is 17.2 Å². The molecule has 3 heterocycles. The number of benzene rings is 2. The highest BCUT2D eigenvalue weighted by Gasteiger charge is 2.33. The Labute approximate surface area is 185 Å². The number of carbonyl (C=O) groups is 1. The van der Waals surface area contributed by atoms with Gasteiger partial charge in [-0.25, -0.2) is 4.98 Å². The molecule has 1 atom stereocenters. The number of aromatic nitrogens is 5. The lowest BCUT2D eigenvalue weighted by Crippen LogP contribution is -2.25. The number of fused-ring (bicyclic) bond motifs is 1. The van der Waals surface area contributed by atoms with Gasteiger partial charge in [0.05, 0.1) is 24.7 Å². The van der Waals surface area contributed by atoms with Crippen LogP contribution in [0.2, 0.25) is 0 Å². The van der Waals surface area contributed by atoms with Gasteiger partial charge in [-0.2, -0.15) is 14.9 Å². The zero-order chi connectivity index (χ0) is 22.2. The highest BCUT2D eigenvalue weighted by molar-refractivity contribution is 5.95. The van der Waals surface area contributed by atoms with Gasteiger partial charge in [0.2, 0.25) is 5.91 Å². The number of nitrogens with one attached hydrogen (secondary N) is 1. The molecule has 8 nitrogen and oxygen atoms in total. The number of carbonyl (C=O) groups excluding carboxylic acids is 1. The topological polar surface area (TPSA) is 94.8 Å². The summed E-state index contributed by atoms with van der Waals surface area (Å²) >= 11 is 0. The SMILES string of the molecule is COc1ccc(-c2cnnc(-n3nc(C)c4c3NC(=O)C[C@H]4c3cccc(C)c3)n2)cc1. The number of rotatable bonds is 4. The van der Waals surface area contributed by atoms with Crippen LogP contribution in [0, 0.1) is 13.8 Å². The van der Waals surface area contributed by atoms with Crippen LogP contribution in [0.3, 0.4) is 0 Å². The third-order valence-corrected chi connectivity index (χ3v) is 5.67. The van der Waals surface area contributed by atoms with Crippen LogP contribution in [-0.2, 0) is 4.79 Å². The van der Waals surface area contributed by atoms with E-state index in [-0.39, 0.29) is 11.8 Å². The van der Waals surface area contributed by atoms with Gasteiger partial charge in [0.1, 0.15) is 11.6 Å². The van der Waals surface area contributed by atoms with E-state index in [4.69, 9.17) is 4.74 Å². The molecule has 5 rings (SSSR count). The molecule has 0 unspecified atom stereocenters. The standard InChI is InChI=1S/C24H22N6O2/c1-14-5-4-6-17(11-14)19-12-21(31)27-23-22(19)15(2)29-30(23)24-26-20(13-25-28-24)16-7-9-18(32-3)10-8-16/h4-11,13,19H,12H2,1-3H3,(H,27,31)/t19-/m0/s1. The maximum absolute atomic E-state index is 12.6. The molecule has 32 heavy (non-hydrogen) atoms. The fraction of sp³-hybridized carbons (Fsp3) is 0.208. The van der Waals surface area contributed by atoms with E-state index in [1.807, 2.05) is 50.2 Å². The third kappa shape index (κ3) is 3.49. The van der Waals surface area contributed by atoms with Gasteiger partial charge in [-0.15, -0.1) is 5.10 Å². The number of ether oxygens (including phenoxy) is 1. The first-order valence-corrected chi connectivity index (χ1v) is 10.3. The molecule has 2 aromatic carbocycles. The summed E-state index contributed by atoms with van der Waals surface area (Å²) in [7, 11) is 1.63. The number of amides is 1. The summed E-state index contributed by atoms with van der Waals surface area (Å²) in [5.74, 6) is 1.51. The van der Waals surface area contributed by atoms with Crippen molar-refractivity contribution in [2.24, 2.45) is 0 Å². The first kappa shape index (κ1) is 19.9. The van der Waals surface area contributed by atoms with E-state index in [1.165, 1.54) is 0 Å². The van der Waals surface area contributed by atoms with E-state index >= 15 is 0 Å². The van der Waals surface area contributed by atoms with Crippen LogP contribution in [0.1, 0.15) is 34.7 Å². The van der Waals surface area contributed by atoms with Crippen molar-refractivity contribution in [3.8, 4) is 23.0 Å². The molecule has 0 saturated heterocycles. The normalized spacial score (nSPS) is 15.2. The molecule has 1 aliphatic heterocycles. The Kier molecular flexibility index (Phi) is 4.89. The van der Waals surface area contributed by atoms with Gasteiger partial charge >= 0.3 is 0 Å². The van der Waals surface area contributed by atoms with Gasteiger partial charge < -0.3 is 10.1 Å². The monoisotopic (exact) mass is 426 g/mol. The average molecular weight is 426 g/mol. The molecule has 2 aromatic heterocycles. The molecule has 1 aliphatic rings. The summed E-state index contributed by atoms with van der Waals surface area (Å²) in [6.45, 7) is 3.99. The Hall–Kier alpha value is -4.07. The van der Waals surface area contributed by atoms with Crippen molar-refractivity contribution in [2.45, 2.75) is 26.2 Å². The lowest BCUT2D eigenvalue weighted by Gasteiger charge is -2.24. The molecule has 0 radical (unpaired) electrons. The molecule has 1 N–H and O–H groups in total. The van der Waals surface area contributed by atoms with E-state index in [1.54, 1.807) is 18.0 Å². The predicted octanol–water partition coefficient (Wildman–Crippen LogP) is 3.82. The molecule has 0 saturated carbocycles. The lowest BCUT2D eigenvalue weighted by atomic mass is 9.85. The molecular weight excluding hydrogens is 404 g/mol. The Morgan fingerprint density at radius 1 is 1.12 bits per heavy atom. The summed E-state index contributed by atoms with van der Waals surface area (Å²) in [4.78, 5) is 17.3. The molecule has 0 spiro atoms. The van der Waals surface area contributed by atoms with Gasteiger partial charge in [-0.05, 0) is 43.7 Å². The van der Waals surface area contributed by atoms with Crippen LogP contribution >= 0.6 is 0 Å². The van der Waals surface area contributed by atoms with Crippen molar-refractivity contribution in [2.75, 3.05) is 12.4 Å². The van der Waals surface area contributed by atoms with E-state index in [0.29, 0.717) is 23.9 Å². The largest absolute Gasteiger partial charge is 0.497 e. The van der Waals surface area contributed by atoms with Gasteiger partial charge in [-0.1, -0.05) is 29.8 Å². The minimum atomic E-state index is -0.0786. The van der Waals surface area contributed by atoms with Crippen LogP contribution < -0.4 is 10.1 Å². The summed E-state index contributed by atoms with van der Waals surface area (Å²) < 4.78 is 6.80. The highest BCUT2D eigenvalue weighted by Crippen LogP contribution is 2.40. The number of hydrogen-bond acceptors (Lipinski definition) is 6. The first-order chi connectivity index (χ1) is 15.5. The molecule has 0 fully saturated rings. The number of anilines is 1. The predicted molar refractivity (Wildman–Crippen MR) is 120 cm³/mol. The third-order valence-electron chi connectivity index (χ3n) is 5.67.